The lowest BCUT2D eigenvalue weighted by Crippen LogP contribution is -2.29. The van der Waals surface area contributed by atoms with Gasteiger partial charge in [0.25, 0.3) is 0 Å². The van der Waals surface area contributed by atoms with E-state index in [9.17, 15) is 4.79 Å². The highest BCUT2D eigenvalue weighted by Gasteiger charge is 2.16. The van der Waals surface area contributed by atoms with Gasteiger partial charge in [-0.2, -0.15) is 0 Å². The summed E-state index contributed by atoms with van der Waals surface area (Å²) in [5.41, 5.74) is 1.21. The summed E-state index contributed by atoms with van der Waals surface area (Å²) in [4.78, 5) is 11.2. The third-order valence-corrected chi connectivity index (χ3v) is 3.19. The van der Waals surface area contributed by atoms with Gasteiger partial charge in [-0.1, -0.05) is 0 Å². The first-order valence-corrected chi connectivity index (χ1v) is 8.99. The van der Waals surface area contributed by atoms with Crippen LogP contribution in [0.5, 0.6) is 5.75 Å². The van der Waals surface area contributed by atoms with Crippen LogP contribution >= 0.6 is 0 Å². The van der Waals surface area contributed by atoms with Crippen LogP contribution in [0.4, 0.5) is 0 Å². The topological polar surface area (TPSA) is 39.4 Å². The van der Waals surface area contributed by atoms with Gasteiger partial charge in [-0.05, 0) is 50.3 Å². The minimum absolute atomic E-state index is 0.311. The summed E-state index contributed by atoms with van der Waals surface area (Å²) in [6.45, 7) is 8.30. The van der Waals surface area contributed by atoms with Crippen LogP contribution in [-0.2, 0) is 0 Å². The highest BCUT2D eigenvalue weighted by atomic mass is 28.4. The zero-order valence-electron chi connectivity index (χ0n) is 10.5. The van der Waals surface area contributed by atoms with E-state index in [-0.39, 0.29) is 5.63 Å². The third-order valence-electron chi connectivity index (χ3n) is 2.34. The summed E-state index contributed by atoms with van der Waals surface area (Å²) < 4.78 is 11.0. The summed E-state index contributed by atoms with van der Waals surface area (Å²) in [6, 6.07) is 7.08. The summed E-state index contributed by atoms with van der Waals surface area (Å²) >= 11 is 0. The molecule has 0 atom stereocenters. The van der Waals surface area contributed by atoms with Crippen molar-refractivity contribution in [3.05, 3.63) is 40.2 Å². The molecular formula is C13H16O3Si. The lowest BCUT2D eigenvalue weighted by Gasteiger charge is -2.19. The number of hydrogen-bond acceptors (Lipinski definition) is 3. The highest BCUT2D eigenvalue weighted by molar-refractivity contribution is 6.70. The Labute approximate surface area is 101 Å². The molecule has 0 unspecified atom stereocenters. The standard InChI is InChI=1S/C13H16O3Si/c1-9-7-13(14)15-12-6-5-10(8-11(9)12)16-17(2,3)4/h5-8H,1-4H3. The molecule has 90 valence electrons. The van der Waals surface area contributed by atoms with E-state index in [0.717, 1.165) is 16.7 Å². The molecule has 0 N–H and O–H groups in total. The van der Waals surface area contributed by atoms with Crippen molar-refractivity contribution in [2.75, 3.05) is 0 Å². The molecule has 0 aliphatic carbocycles. The van der Waals surface area contributed by atoms with Gasteiger partial charge in [0.05, 0.1) is 0 Å². The van der Waals surface area contributed by atoms with Gasteiger partial charge in [0.15, 0.2) is 0 Å². The number of aryl methyl sites for hydroxylation is 1. The zero-order chi connectivity index (χ0) is 12.6. The summed E-state index contributed by atoms with van der Waals surface area (Å²) in [6.07, 6.45) is 0. The Kier molecular flexibility index (Phi) is 2.83. The first-order valence-electron chi connectivity index (χ1n) is 5.59. The molecule has 3 nitrogen and oxygen atoms in total. The van der Waals surface area contributed by atoms with Crippen molar-refractivity contribution in [2.24, 2.45) is 0 Å². The third kappa shape index (κ3) is 2.77. The largest absolute Gasteiger partial charge is 0.544 e. The summed E-state index contributed by atoms with van der Waals surface area (Å²) in [7, 11) is -1.61. The number of rotatable bonds is 2. The van der Waals surface area contributed by atoms with Gasteiger partial charge in [0, 0.05) is 11.5 Å². The molecule has 2 rings (SSSR count). The fraction of sp³-hybridized carbons (Fsp3) is 0.308. The average Bonchev–Trinajstić information content (AvgIpc) is 2.16. The Balaban J connectivity index is 2.54. The maximum absolute atomic E-state index is 11.2. The maximum Gasteiger partial charge on any atom is 0.336 e. The van der Waals surface area contributed by atoms with E-state index < -0.39 is 8.32 Å². The van der Waals surface area contributed by atoms with Gasteiger partial charge in [-0.3, -0.25) is 0 Å². The number of fused-ring (bicyclic) bond motifs is 1. The second-order valence-corrected chi connectivity index (χ2v) is 9.55. The zero-order valence-corrected chi connectivity index (χ0v) is 11.5. The lowest BCUT2D eigenvalue weighted by atomic mass is 10.1. The van der Waals surface area contributed by atoms with Crippen LogP contribution in [-0.4, -0.2) is 8.32 Å². The lowest BCUT2D eigenvalue weighted by molar-refractivity contribution is 0.548. The molecule has 0 aliphatic rings. The Morgan fingerprint density at radius 3 is 2.53 bits per heavy atom. The van der Waals surface area contributed by atoms with Gasteiger partial charge in [0.1, 0.15) is 11.3 Å². The molecule has 2 aromatic rings. The van der Waals surface area contributed by atoms with Crippen LogP contribution in [0, 0.1) is 6.92 Å². The molecule has 0 radical (unpaired) electrons. The van der Waals surface area contributed by atoms with E-state index in [1.54, 1.807) is 6.07 Å². The maximum atomic E-state index is 11.2. The smallest absolute Gasteiger partial charge is 0.336 e. The van der Waals surface area contributed by atoms with Crippen LogP contribution in [0.1, 0.15) is 5.56 Å². The molecule has 4 heteroatoms. The minimum atomic E-state index is -1.61. The van der Waals surface area contributed by atoms with Gasteiger partial charge >= 0.3 is 5.63 Å². The molecule has 17 heavy (non-hydrogen) atoms. The van der Waals surface area contributed by atoms with Gasteiger partial charge in [0.2, 0.25) is 8.32 Å². The van der Waals surface area contributed by atoms with E-state index in [2.05, 4.69) is 19.6 Å². The molecule has 0 saturated carbocycles. The summed E-state index contributed by atoms with van der Waals surface area (Å²) in [5, 5.41) is 0.931. The van der Waals surface area contributed by atoms with E-state index >= 15 is 0 Å². The molecule has 0 amide bonds. The second-order valence-electron chi connectivity index (χ2n) is 5.12. The molecule has 0 spiro atoms. The van der Waals surface area contributed by atoms with E-state index in [4.69, 9.17) is 8.84 Å². The Morgan fingerprint density at radius 2 is 1.88 bits per heavy atom. The van der Waals surface area contributed by atoms with Crippen LogP contribution in [0.15, 0.2) is 33.5 Å². The normalized spacial score (nSPS) is 11.8. The van der Waals surface area contributed by atoms with Crippen molar-refractivity contribution in [3.8, 4) is 5.75 Å². The molecule has 1 heterocycles. The fourth-order valence-electron chi connectivity index (χ4n) is 1.72. The quantitative estimate of drug-likeness (QED) is 0.604. The second kappa shape index (κ2) is 4.03. The molecule has 0 saturated heterocycles. The Morgan fingerprint density at radius 1 is 1.18 bits per heavy atom. The van der Waals surface area contributed by atoms with Gasteiger partial charge in [-0.15, -0.1) is 0 Å². The fourth-order valence-corrected chi connectivity index (χ4v) is 2.55. The van der Waals surface area contributed by atoms with E-state index in [0.29, 0.717) is 5.58 Å². The molecule has 0 bridgehead atoms. The molecule has 1 aromatic heterocycles. The predicted molar refractivity (Wildman–Crippen MR) is 71.2 cm³/mol. The predicted octanol–water partition coefficient (Wildman–Crippen LogP) is 3.32. The van der Waals surface area contributed by atoms with Crippen LogP contribution < -0.4 is 10.1 Å². The van der Waals surface area contributed by atoms with Crippen LogP contribution in [0.25, 0.3) is 11.0 Å². The van der Waals surface area contributed by atoms with Crippen molar-refractivity contribution < 1.29 is 8.84 Å². The summed E-state index contributed by atoms with van der Waals surface area (Å²) in [5.74, 6) is 0.841. The monoisotopic (exact) mass is 248 g/mol. The average molecular weight is 248 g/mol. The molecule has 0 aliphatic heterocycles. The van der Waals surface area contributed by atoms with Crippen molar-refractivity contribution in [2.45, 2.75) is 26.6 Å². The van der Waals surface area contributed by atoms with Gasteiger partial charge in [-0.25, -0.2) is 4.79 Å². The number of hydrogen-bond donors (Lipinski definition) is 0. The van der Waals surface area contributed by atoms with E-state index in [1.165, 1.54) is 6.07 Å². The Hall–Kier alpha value is -1.55. The van der Waals surface area contributed by atoms with Crippen molar-refractivity contribution >= 4 is 19.3 Å². The first-order chi connectivity index (χ1) is 7.85. The van der Waals surface area contributed by atoms with Crippen LogP contribution in [0.3, 0.4) is 0 Å². The first kappa shape index (κ1) is 11.9. The molecule has 1 aromatic carbocycles. The molecule has 0 fully saturated rings. The molecular weight excluding hydrogens is 232 g/mol. The van der Waals surface area contributed by atoms with Crippen LogP contribution in [0.2, 0.25) is 19.6 Å². The minimum Gasteiger partial charge on any atom is -0.544 e. The highest BCUT2D eigenvalue weighted by Crippen LogP contribution is 2.24. The van der Waals surface area contributed by atoms with E-state index in [1.807, 2.05) is 19.1 Å². The van der Waals surface area contributed by atoms with Crippen molar-refractivity contribution in [3.63, 3.8) is 0 Å². The van der Waals surface area contributed by atoms with Gasteiger partial charge < -0.3 is 8.84 Å². The number of benzene rings is 1. The Bertz CT molecular complexity index is 608. The van der Waals surface area contributed by atoms with Crippen molar-refractivity contribution in [1.82, 2.24) is 0 Å². The van der Waals surface area contributed by atoms with Crippen molar-refractivity contribution in [1.29, 1.82) is 0 Å². The SMILES string of the molecule is Cc1cc(=O)oc2ccc(O[Si](C)(C)C)cc12.